The van der Waals surface area contributed by atoms with E-state index in [0.29, 0.717) is 13.2 Å². The Balaban J connectivity index is 1.96. The lowest BCUT2D eigenvalue weighted by Gasteiger charge is -2.13. The van der Waals surface area contributed by atoms with Crippen LogP contribution in [0.4, 0.5) is 0 Å². The van der Waals surface area contributed by atoms with Gasteiger partial charge in [0.2, 0.25) is 5.91 Å². The van der Waals surface area contributed by atoms with E-state index < -0.39 is 0 Å². The summed E-state index contributed by atoms with van der Waals surface area (Å²) in [6, 6.07) is 16.6. The Morgan fingerprint density at radius 2 is 1.58 bits per heavy atom. The standard InChI is InChI=1S/C20H25NO3/c1-15(21-16(2)22)14-17-4-6-18(7-5-17)19-8-10-20(11-9-19)24-13-12-23-3/h4-11,15H,12-14H2,1-3H3,(H,21,22). The molecule has 0 aliphatic heterocycles. The average Bonchev–Trinajstić information content (AvgIpc) is 2.56. The predicted molar refractivity (Wildman–Crippen MR) is 96.2 cm³/mol. The fourth-order valence-electron chi connectivity index (χ4n) is 2.57. The predicted octanol–water partition coefficient (Wildman–Crippen LogP) is 3.45. The lowest BCUT2D eigenvalue weighted by molar-refractivity contribution is -0.119. The van der Waals surface area contributed by atoms with Gasteiger partial charge in [0.1, 0.15) is 12.4 Å². The molecule has 0 fully saturated rings. The Morgan fingerprint density at radius 3 is 2.12 bits per heavy atom. The highest BCUT2D eigenvalue weighted by Crippen LogP contribution is 2.23. The normalized spacial score (nSPS) is 11.8. The molecule has 128 valence electrons. The Bertz CT molecular complexity index is 635. The van der Waals surface area contributed by atoms with Gasteiger partial charge in [0.15, 0.2) is 0 Å². The molecule has 24 heavy (non-hydrogen) atoms. The van der Waals surface area contributed by atoms with Crippen LogP contribution >= 0.6 is 0 Å². The largest absolute Gasteiger partial charge is 0.491 e. The second-order valence-electron chi connectivity index (χ2n) is 5.87. The van der Waals surface area contributed by atoms with Gasteiger partial charge in [-0.1, -0.05) is 36.4 Å². The van der Waals surface area contributed by atoms with Crippen molar-refractivity contribution in [1.29, 1.82) is 0 Å². The first kappa shape index (κ1) is 18.0. The van der Waals surface area contributed by atoms with Gasteiger partial charge < -0.3 is 14.8 Å². The summed E-state index contributed by atoms with van der Waals surface area (Å²) in [6.45, 7) is 4.69. The summed E-state index contributed by atoms with van der Waals surface area (Å²) in [4.78, 5) is 11.1. The van der Waals surface area contributed by atoms with Crippen molar-refractivity contribution in [2.75, 3.05) is 20.3 Å². The third-order valence-corrected chi connectivity index (χ3v) is 3.69. The lowest BCUT2D eigenvalue weighted by Crippen LogP contribution is -2.31. The quantitative estimate of drug-likeness (QED) is 0.756. The maximum atomic E-state index is 11.1. The number of rotatable bonds is 8. The molecule has 0 aliphatic carbocycles. The Labute approximate surface area is 143 Å². The Kier molecular flexibility index (Phi) is 6.82. The van der Waals surface area contributed by atoms with Crippen LogP contribution in [0.15, 0.2) is 48.5 Å². The van der Waals surface area contributed by atoms with Crippen molar-refractivity contribution in [2.45, 2.75) is 26.3 Å². The van der Waals surface area contributed by atoms with Crippen molar-refractivity contribution in [3.63, 3.8) is 0 Å². The van der Waals surface area contributed by atoms with E-state index in [-0.39, 0.29) is 11.9 Å². The summed E-state index contributed by atoms with van der Waals surface area (Å²) in [5, 5.41) is 2.90. The molecule has 0 radical (unpaired) electrons. The Morgan fingerprint density at radius 1 is 1.00 bits per heavy atom. The molecule has 4 heteroatoms. The van der Waals surface area contributed by atoms with Crippen molar-refractivity contribution in [1.82, 2.24) is 5.32 Å². The number of ether oxygens (including phenoxy) is 2. The summed E-state index contributed by atoms with van der Waals surface area (Å²) >= 11 is 0. The molecule has 1 atom stereocenters. The van der Waals surface area contributed by atoms with Crippen LogP contribution in [-0.4, -0.2) is 32.3 Å². The number of nitrogens with one attached hydrogen (secondary N) is 1. The maximum Gasteiger partial charge on any atom is 0.217 e. The zero-order valence-electron chi connectivity index (χ0n) is 14.5. The van der Waals surface area contributed by atoms with Gasteiger partial charge in [-0.25, -0.2) is 0 Å². The first-order valence-electron chi connectivity index (χ1n) is 8.16. The van der Waals surface area contributed by atoms with Gasteiger partial charge in [0, 0.05) is 20.1 Å². The number of benzene rings is 2. The zero-order valence-corrected chi connectivity index (χ0v) is 14.5. The van der Waals surface area contributed by atoms with Crippen LogP contribution in [0.5, 0.6) is 5.75 Å². The molecule has 0 aliphatic rings. The molecule has 0 heterocycles. The second-order valence-corrected chi connectivity index (χ2v) is 5.87. The van der Waals surface area contributed by atoms with Crippen molar-refractivity contribution in [2.24, 2.45) is 0 Å². The molecule has 0 bridgehead atoms. The average molecular weight is 327 g/mol. The zero-order chi connectivity index (χ0) is 17.4. The molecule has 1 N–H and O–H groups in total. The minimum absolute atomic E-state index is 0.00641. The SMILES string of the molecule is COCCOc1ccc(-c2ccc(CC(C)NC(C)=O)cc2)cc1. The fourth-order valence-corrected chi connectivity index (χ4v) is 2.57. The topological polar surface area (TPSA) is 47.6 Å². The van der Waals surface area contributed by atoms with Crippen LogP contribution in [0.3, 0.4) is 0 Å². The summed E-state index contributed by atoms with van der Waals surface area (Å²) in [7, 11) is 1.66. The first-order valence-corrected chi connectivity index (χ1v) is 8.16. The van der Waals surface area contributed by atoms with Gasteiger partial charge in [0.05, 0.1) is 6.61 Å². The van der Waals surface area contributed by atoms with E-state index >= 15 is 0 Å². The third-order valence-electron chi connectivity index (χ3n) is 3.69. The summed E-state index contributed by atoms with van der Waals surface area (Å²) in [5.74, 6) is 0.850. The van der Waals surface area contributed by atoms with E-state index in [1.165, 1.54) is 5.56 Å². The monoisotopic (exact) mass is 327 g/mol. The van der Waals surface area contributed by atoms with Gasteiger partial charge in [0.25, 0.3) is 0 Å². The van der Waals surface area contributed by atoms with Crippen LogP contribution in [-0.2, 0) is 16.0 Å². The van der Waals surface area contributed by atoms with Gasteiger partial charge in [-0.15, -0.1) is 0 Å². The fraction of sp³-hybridized carbons (Fsp3) is 0.350. The van der Waals surface area contributed by atoms with E-state index in [1.54, 1.807) is 14.0 Å². The van der Waals surface area contributed by atoms with Crippen LogP contribution in [0.1, 0.15) is 19.4 Å². The van der Waals surface area contributed by atoms with Gasteiger partial charge in [-0.2, -0.15) is 0 Å². The van der Waals surface area contributed by atoms with E-state index in [2.05, 4.69) is 41.7 Å². The summed E-state index contributed by atoms with van der Waals surface area (Å²) in [6.07, 6.45) is 0.826. The number of hydrogen-bond donors (Lipinski definition) is 1. The van der Waals surface area contributed by atoms with E-state index in [1.807, 2.05) is 19.1 Å². The summed E-state index contributed by atoms with van der Waals surface area (Å²) in [5.41, 5.74) is 3.52. The van der Waals surface area contributed by atoms with Gasteiger partial charge in [-0.05, 0) is 42.2 Å². The van der Waals surface area contributed by atoms with Crippen molar-refractivity contribution in [3.05, 3.63) is 54.1 Å². The number of carbonyl (C=O) groups is 1. The highest BCUT2D eigenvalue weighted by atomic mass is 16.5. The minimum atomic E-state index is 0.00641. The molecular weight excluding hydrogens is 302 g/mol. The number of methoxy groups -OCH3 is 1. The first-order chi connectivity index (χ1) is 11.6. The molecule has 0 aromatic heterocycles. The molecule has 2 rings (SSSR count). The van der Waals surface area contributed by atoms with Crippen molar-refractivity contribution >= 4 is 5.91 Å². The molecule has 4 nitrogen and oxygen atoms in total. The molecule has 2 aromatic rings. The second kappa shape index (κ2) is 9.08. The van der Waals surface area contributed by atoms with Crippen molar-refractivity contribution in [3.8, 4) is 16.9 Å². The van der Waals surface area contributed by atoms with Crippen LogP contribution in [0, 0.1) is 0 Å². The van der Waals surface area contributed by atoms with Gasteiger partial charge >= 0.3 is 0 Å². The van der Waals surface area contributed by atoms with E-state index in [4.69, 9.17) is 9.47 Å². The minimum Gasteiger partial charge on any atom is -0.491 e. The molecule has 2 aromatic carbocycles. The lowest BCUT2D eigenvalue weighted by atomic mass is 10.0. The summed E-state index contributed by atoms with van der Waals surface area (Å²) < 4.78 is 10.5. The molecule has 0 saturated heterocycles. The Hall–Kier alpha value is -2.33. The molecular formula is C20H25NO3. The van der Waals surface area contributed by atoms with E-state index in [0.717, 1.165) is 23.3 Å². The smallest absolute Gasteiger partial charge is 0.217 e. The van der Waals surface area contributed by atoms with Crippen LogP contribution in [0.25, 0.3) is 11.1 Å². The molecule has 1 amide bonds. The number of amides is 1. The van der Waals surface area contributed by atoms with Crippen LogP contribution in [0.2, 0.25) is 0 Å². The van der Waals surface area contributed by atoms with Crippen LogP contribution < -0.4 is 10.1 Å². The number of hydrogen-bond acceptors (Lipinski definition) is 3. The maximum absolute atomic E-state index is 11.1. The molecule has 1 unspecified atom stereocenters. The third kappa shape index (κ3) is 5.70. The highest BCUT2D eigenvalue weighted by Gasteiger charge is 2.05. The molecule has 0 saturated carbocycles. The van der Waals surface area contributed by atoms with Crippen molar-refractivity contribution < 1.29 is 14.3 Å². The van der Waals surface area contributed by atoms with E-state index in [9.17, 15) is 4.79 Å². The highest BCUT2D eigenvalue weighted by molar-refractivity contribution is 5.73. The van der Waals surface area contributed by atoms with Gasteiger partial charge in [-0.3, -0.25) is 4.79 Å². The molecule has 0 spiro atoms. The number of carbonyl (C=O) groups excluding carboxylic acids is 1.